The molecule has 0 heterocycles. The fraction of sp³-hybridized carbons (Fsp3) is 0.0769. The lowest BCUT2D eigenvalue weighted by Crippen LogP contribution is -1.95. The van der Waals surface area contributed by atoms with Gasteiger partial charge >= 0.3 is 0 Å². The molecule has 19 heavy (non-hydrogen) atoms. The summed E-state index contributed by atoms with van der Waals surface area (Å²) in [4.78, 5) is 0. The molecule has 2 aromatic carbocycles. The molecule has 0 saturated carbocycles. The first-order chi connectivity index (χ1) is 9.02. The van der Waals surface area contributed by atoms with Crippen molar-refractivity contribution in [2.45, 2.75) is 5.88 Å². The molecule has 0 aliphatic heterocycles. The molecule has 6 heteroatoms. The van der Waals surface area contributed by atoms with Crippen molar-refractivity contribution < 1.29 is 13.5 Å². The summed E-state index contributed by atoms with van der Waals surface area (Å²) in [5.74, 6) is -2.17. The Morgan fingerprint density at radius 1 is 1.05 bits per heavy atom. The van der Waals surface area contributed by atoms with Crippen LogP contribution in [0.4, 0.5) is 8.78 Å². The summed E-state index contributed by atoms with van der Waals surface area (Å²) in [6.45, 7) is 0. The van der Waals surface area contributed by atoms with Crippen LogP contribution in [-0.4, -0.2) is 0 Å². The molecule has 0 spiro atoms. The Hall–Kier alpha value is -1.03. The Balaban J connectivity index is 2.41. The second-order valence-electron chi connectivity index (χ2n) is 3.68. The summed E-state index contributed by atoms with van der Waals surface area (Å²) in [5.41, 5.74) is 0.321. The topological polar surface area (TPSA) is 9.23 Å². The van der Waals surface area contributed by atoms with Gasteiger partial charge in [0.25, 0.3) is 0 Å². The minimum absolute atomic E-state index is 0.00599. The first-order valence-corrected chi connectivity index (χ1v) is 6.47. The van der Waals surface area contributed by atoms with Crippen LogP contribution in [0.3, 0.4) is 0 Å². The van der Waals surface area contributed by atoms with Crippen LogP contribution in [0.1, 0.15) is 5.56 Å². The first-order valence-electron chi connectivity index (χ1n) is 5.18. The smallest absolute Gasteiger partial charge is 0.198 e. The molecule has 0 fully saturated rings. The SMILES string of the molecule is Fc1cc(CCl)cc(F)c1Oc1cccc(Cl)c1Cl. The number of benzene rings is 2. The van der Waals surface area contributed by atoms with Crippen LogP contribution in [0.2, 0.25) is 10.0 Å². The largest absolute Gasteiger partial charge is 0.450 e. The molecule has 100 valence electrons. The zero-order valence-electron chi connectivity index (χ0n) is 9.39. The predicted octanol–water partition coefficient (Wildman–Crippen LogP) is 5.80. The highest BCUT2D eigenvalue weighted by Crippen LogP contribution is 2.36. The van der Waals surface area contributed by atoms with Gasteiger partial charge in [0.1, 0.15) is 10.8 Å². The molecule has 0 radical (unpaired) electrons. The monoisotopic (exact) mass is 322 g/mol. The van der Waals surface area contributed by atoms with Gasteiger partial charge in [-0.2, -0.15) is 0 Å². The lowest BCUT2D eigenvalue weighted by atomic mass is 10.2. The lowest BCUT2D eigenvalue weighted by Gasteiger charge is -2.11. The van der Waals surface area contributed by atoms with Crippen LogP contribution in [-0.2, 0) is 5.88 Å². The molecular weight excluding hydrogens is 316 g/mol. The van der Waals surface area contributed by atoms with Gasteiger partial charge in [0.15, 0.2) is 17.4 Å². The van der Waals surface area contributed by atoms with E-state index in [4.69, 9.17) is 39.5 Å². The van der Waals surface area contributed by atoms with Gasteiger partial charge in [0.05, 0.1) is 5.02 Å². The molecule has 0 saturated heterocycles. The van der Waals surface area contributed by atoms with Gasteiger partial charge in [-0.25, -0.2) is 8.78 Å². The summed E-state index contributed by atoms with van der Waals surface area (Å²) in [5, 5.41) is 0.321. The van der Waals surface area contributed by atoms with E-state index in [-0.39, 0.29) is 21.7 Å². The number of ether oxygens (including phenoxy) is 1. The zero-order valence-corrected chi connectivity index (χ0v) is 11.7. The van der Waals surface area contributed by atoms with Crippen molar-refractivity contribution in [2.24, 2.45) is 0 Å². The van der Waals surface area contributed by atoms with E-state index in [0.717, 1.165) is 12.1 Å². The first kappa shape index (κ1) is 14.4. The second-order valence-corrected chi connectivity index (χ2v) is 4.73. The quantitative estimate of drug-likeness (QED) is 0.648. The highest BCUT2D eigenvalue weighted by Gasteiger charge is 2.15. The third kappa shape index (κ3) is 3.11. The summed E-state index contributed by atoms with van der Waals surface area (Å²) in [6.07, 6.45) is 0. The molecule has 0 aliphatic rings. The average molecular weight is 324 g/mol. The van der Waals surface area contributed by atoms with Gasteiger partial charge in [0, 0.05) is 5.88 Å². The molecule has 0 N–H and O–H groups in total. The maximum atomic E-state index is 13.7. The van der Waals surface area contributed by atoms with Crippen LogP contribution in [0.25, 0.3) is 0 Å². The highest BCUT2D eigenvalue weighted by atomic mass is 35.5. The second kappa shape index (κ2) is 5.95. The number of hydrogen-bond donors (Lipinski definition) is 0. The van der Waals surface area contributed by atoms with Gasteiger partial charge in [-0.1, -0.05) is 29.3 Å². The predicted molar refractivity (Wildman–Crippen MR) is 72.5 cm³/mol. The molecule has 2 rings (SSSR count). The van der Waals surface area contributed by atoms with E-state index in [0.29, 0.717) is 5.56 Å². The van der Waals surface area contributed by atoms with Crippen molar-refractivity contribution in [2.75, 3.05) is 0 Å². The van der Waals surface area contributed by atoms with Gasteiger partial charge in [-0.3, -0.25) is 0 Å². The Labute approximate surface area is 123 Å². The van der Waals surface area contributed by atoms with Crippen molar-refractivity contribution in [1.29, 1.82) is 0 Å². The molecule has 0 aromatic heterocycles. The third-order valence-electron chi connectivity index (χ3n) is 2.34. The molecule has 2 aromatic rings. The van der Waals surface area contributed by atoms with Crippen LogP contribution in [0.15, 0.2) is 30.3 Å². The molecule has 0 bridgehead atoms. The van der Waals surface area contributed by atoms with Crippen LogP contribution in [0, 0.1) is 11.6 Å². The van der Waals surface area contributed by atoms with Gasteiger partial charge in [-0.05, 0) is 29.8 Å². The van der Waals surface area contributed by atoms with E-state index in [1.54, 1.807) is 12.1 Å². The maximum absolute atomic E-state index is 13.7. The average Bonchev–Trinajstić information content (AvgIpc) is 2.38. The van der Waals surface area contributed by atoms with Crippen molar-refractivity contribution >= 4 is 34.8 Å². The normalized spacial score (nSPS) is 10.6. The van der Waals surface area contributed by atoms with Crippen LogP contribution < -0.4 is 4.74 Å². The highest BCUT2D eigenvalue weighted by molar-refractivity contribution is 6.42. The molecule has 0 aliphatic carbocycles. The van der Waals surface area contributed by atoms with Crippen LogP contribution in [0.5, 0.6) is 11.5 Å². The van der Waals surface area contributed by atoms with Crippen LogP contribution >= 0.6 is 34.8 Å². The standard InChI is InChI=1S/C13H7Cl3F2O/c14-6-7-4-9(17)13(10(18)5-7)19-11-3-1-2-8(15)12(11)16/h1-5H,6H2. The van der Waals surface area contributed by atoms with Crippen molar-refractivity contribution in [3.63, 3.8) is 0 Å². The molecule has 1 nitrogen and oxygen atoms in total. The van der Waals surface area contributed by atoms with Gasteiger partial charge < -0.3 is 4.74 Å². The van der Waals surface area contributed by atoms with E-state index in [2.05, 4.69) is 0 Å². The van der Waals surface area contributed by atoms with Crippen molar-refractivity contribution in [3.05, 3.63) is 57.6 Å². The Morgan fingerprint density at radius 2 is 1.68 bits per heavy atom. The maximum Gasteiger partial charge on any atom is 0.198 e. The minimum atomic E-state index is -0.855. The zero-order chi connectivity index (χ0) is 14.0. The van der Waals surface area contributed by atoms with Crippen molar-refractivity contribution in [3.8, 4) is 11.5 Å². The molecule has 0 amide bonds. The molecular formula is C13H7Cl3F2O. The van der Waals surface area contributed by atoms with Gasteiger partial charge in [0.2, 0.25) is 0 Å². The lowest BCUT2D eigenvalue weighted by molar-refractivity contribution is 0.407. The van der Waals surface area contributed by atoms with E-state index in [9.17, 15) is 8.78 Å². The molecule has 0 atom stereocenters. The Bertz CT molecular complexity index is 594. The fourth-order valence-electron chi connectivity index (χ4n) is 1.46. The molecule has 0 unspecified atom stereocenters. The number of rotatable bonds is 3. The van der Waals surface area contributed by atoms with E-state index in [1.807, 2.05) is 0 Å². The van der Waals surface area contributed by atoms with E-state index < -0.39 is 17.4 Å². The third-order valence-corrected chi connectivity index (χ3v) is 3.45. The Kier molecular flexibility index (Phi) is 4.50. The summed E-state index contributed by atoms with van der Waals surface area (Å²) >= 11 is 17.2. The van der Waals surface area contributed by atoms with E-state index >= 15 is 0 Å². The van der Waals surface area contributed by atoms with E-state index in [1.165, 1.54) is 6.07 Å². The van der Waals surface area contributed by atoms with Crippen molar-refractivity contribution in [1.82, 2.24) is 0 Å². The number of alkyl halides is 1. The summed E-state index contributed by atoms with van der Waals surface area (Å²) < 4.78 is 32.6. The fourth-order valence-corrected chi connectivity index (χ4v) is 1.94. The summed E-state index contributed by atoms with van der Waals surface area (Å²) in [6, 6.07) is 6.77. The van der Waals surface area contributed by atoms with Gasteiger partial charge in [-0.15, -0.1) is 11.6 Å². The number of halogens is 5. The number of hydrogen-bond acceptors (Lipinski definition) is 1. The minimum Gasteiger partial charge on any atom is -0.450 e. The Morgan fingerprint density at radius 3 is 2.26 bits per heavy atom. The summed E-state index contributed by atoms with van der Waals surface area (Å²) in [7, 11) is 0.